The molecule has 3 nitrogen and oxygen atoms in total. The SMILES string of the molecule is CCCCCCCCCCCC(=O)OC.CCCCCCCCN(CCCCCCCC)CCCCCCCC. The normalized spacial score (nSPS) is 11.1. The zero-order valence-corrected chi connectivity index (χ0v) is 28.7. The van der Waals surface area contributed by atoms with Gasteiger partial charge >= 0.3 is 5.97 Å². The number of carbonyl (C=O) groups excluding carboxylic acids is 1. The Bertz CT molecular complexity index is 415. The minimum atomic E-state index is -0.0713. The summed E-state index contributed by atoms with van der Waals surface area (Å²) in [6.07, 6.45) is 37.9. The summed E-state index contributed by atoms with van der Waals surface area (Å²) in [5.41, 5.74) is 0. The molecule has 0 saturated heterocycles. The van der Waals surface area contributed by atoms with E-state index in [1.165, 1.54) is 194 Å². The predicted molar refractivity (Wildman–Crippen MR) is 180 cm³/mol. The van der Waals surface area contributed by atoms with Crippen LogP contribution in [0.15, 0.2) is 0 Å². The number of unbranched alkanes of at least 4 members (excludes halogenated alkanes) is 23. The Labute approximate surface area is 254 Å². The molecule has 242 valence electrons. The smallest absolute Gasteiger partial charge is 0.305 e. The molecule has 40 heavy (non-hydrogen) atoms. The van der Waals surface area contributed by atoms with E-state index in [-0.39, 0.29) is 5.97 Å². The zero-order chi connectivity index (χ0) is 29.8. The van der Waals surface area contributed by atoms with Gasteiger partial charge in [-0.15, -0.1) is 0 Å². The van der Waals surface area contributed by atoms with Gasteiger partial charge in [0.25, 0.3) is 0 Å². The van der Waals surface area contributed by atoms with Crippen LogP contribution in [0.1, 0.15) is 207 Å². The molecule has 0 saturated carbocycles. The van der Waals surface area contributed by atoms with Crippen molar-refractivity contribution in [3.63, 3.8) is 0 Å². The van der Waals surface area contributed by atoms with Crippen LogP contribution in [-0.4, -0.2) is 37.6 Å². The molecule has 0 bridgehead atoms. The van der Waals surface area contributed by atoms with E-state index in [1.807, 2.05) is 0 Å². The second kappa shape index (κ2) is 38.4. The van der Waals surface area contributed by atoms with E-state index >= 15 is 0 Å². The van der Waals surface area contributed by atoms with Gasteiger partial charge in [0.1, 0.15) is 0 Å². The van der Waals surface area contributed by atoms with Gasteiger partial charge in [-0.1, -0.05) is 175 Å². The molecule has 0 heterocycles. The molecule has 0 rings (SSSR count). The Balaban J connectivity index is 0. The van der Waals surface area contributed by atoms with Crippen molar-refractivity contribution < 1.29 is 9.53 Å². The number of esters is 1. The van der Waals surface area contributed by atoms with E-state index in [0.29, 0.717) is 6.42 Å². The summed E-state index contributed by atoms with van der Waals surface area (Å²) in [5.74, 6) is -0.0713. The number of nitrogens with zero attached hydrogens (tertiary/aromatic N) is 1. The van der Waals surface area contributed by atoms with E-state index in [4.69, 9.17) is 0 Å². The minimum absolute atomic E-state index is 0.0713. The molecule has 0 aliphatic carbocycles. The topological polar surface area (TPSA) is 29.5 Å². The van der Waals surface area contributed by atoms with Crippen LogP contribution in [0.4, 0.5) is 0 Å². The Morgan fingerprint density at radius 1 is 0.400 bits per heavy atom. The van der Waals surface area contributed by atoms with Gasteiger partial charge < -0.3 is 9.64 Å². The molecule has 0 fully saturated rings. The Kier molecular flexibility index (Phi) is 39.9. The third-order valence-corrected chi connectivity index (χ3v) is 8.20. The largest absolute Gasteiger partial charge is 0.469 e. The highest BCUT2D eigenvalue weighted by Gasteiger charge is 2.05. The number of hydrogen-bond donors (Lipinski definition) is 0. The molecule has 0 unspecified atom stereocenters. The molecular weight excluding hydrogens is 490 g/mol. The van der Waals surface area contributed by atoms with Crippen LogP contribution < -0.4 is 0 Å². The third-order valence-electron chi connectivity index (χ3n) is 8.20. The molecular formula is C37H77NO2. The van der Waals surface area contributed by atoms with Gasteiger partial charge in [-0.05, 0) is 45.3 Å². The first kappa shape index (κ1) is 41.6. The maximum absolute atomic E-state index is 10.8. The summed E-state index contributed by atoms with van der Waals surface area (Å²) in [4.78, 5) is 13.6. The lowest BCUT2D eigenvalue weighted by atomic mass is 10.1. The predicted octanol–water partition coefficient (Wildman–Crippen LogP) is 12.5. The van der Waals surface area contributed by atoms with Crippen LogP contribution >= 0.6 is 0 Å². The lowest BCUT2D eigenvalue weighted by molar-refractivity contribution is -0.140. The lowest BCUT2D eigenvalue weighted by Crippen LogP contribution is -2.27. The highest BCUT2D eigenvalue weighted by molar-refractivity contribution is 5.68. The fraction of sp³-hybridized carbons (Fsp3) is 0.973. The molecule has 0 aliphatic heterocycles. The van der Waals surface area contributed by atoms with Crippen molar-refractivity contribution in [3.8, 4) is 0 Å². The molecule has 0 N–H and O–H groups in total. The summed E-state index contributed by atoms with van der Waals surface area (Å²) in [5, 5.41) is 0. The molecule has 0 radical (unpaired) electrons. The highest BCUT2D eigenvalue weighted by Crippen LogP contribution is 2.12. The fourth-order valence-electron chi connectivity index (χ4n) is 5.36. The van der Waals surface area contributed by atoms with E-state index in [2.05, 4.69) is 37.3 Å². The van der Waals surface area contributed by atoms with E-state index in [9.17, 15) is 4.79 Å². The van der Waals surface area contributed by atoms with E-state index in [1.54, 1.807) is 0 Å². The third kappa shape index (κ3) is 37.4. The molecule has 0 atom stereocenters. The summed E-state index contributed by atoms with van der Waals surface area (Å²) < 4.78 is 4.58. The highest BCUT2D eigenvalue weighted by atomic mass is 16.5. The molecule has 3 heteroatoms. The van der Waals surface area contributed by atoms with Crippen molar-refractivity contribution >= 4 is 5.97 Å². The average Bonchev–Trinajstić information content (AvgIpc) is 2.97. The fourth-order valence-corrected chi connectivity index (χ4v) is 5.36. The van der Waals surface area contributed by atoms with Crippen molar-refractivity contribution in [1.29, 1.82) is 0 Å². The monoisotopic (exact) mass is 568 g/mol. The summed E-state index contributed by atoms with van der Waals surface area (Å²) >= 11 is 0. The van der Waals surface area contributed by atoms with Crippen LogP contribution in [0.3, 0.4) is 0 Å². The van der Waals surface area contributed by atoms with Crippen LogP contribution in [0.2, 0.25) is 0 Å². The molecule has 0 spiro atoms. The molecule has 0 aliphatic rings. The van der Waals surface area contributed by atoms with Gasteiger partial charge in [0, 0.05) is 6.42 Å². The number of carbonyl (C=O) groups is 1. The minimum Gasteiger partial charge on any atom is -0.469 e. The Hall–Kier alpha value is -0.570. The van der Waals surface area contributed by atoms with E-state index < -0.39 is 0 Å². The van der Waals surface area contributed by atoms with Gasteiger partial charge in [-0.25, -0.2) is 0 Å². The number of methoxy groups -OCH3 is 1. The van der Waals surface area contributed by atoms with Crippen LogP contribution in [0.5, 0.6) is 0 Å². The van der Waals surface area contributed by atoms with Crippen molar-refractivity contribution in [3.05, 3.63) is 0 Å². The zero-order valence-electron chi connectivity index (χ0n) is 28.7. The molecule has 0 aromatic heterocycles. The Morgan fingerprint density at radius 2 is 0.650 bits per heavy atom. The number of ether oxygens (including phenoxy) is 1. The van der Waals surface area contributed by atoms with Gasteiger partial charge in [-0.3, -0.25) is 4.79 Å². The van der Waals surface area contributed by atoms with Gasteiger partial charge in [0.2, 0.25) is 0 Å². The quantitative estimate of drug-likeness (QED) is 0.0616. The second-order valence-electron chi connectivity index (χ2n) is 12.3. The second-order valence-corrected chi connectivity index (χ2v) is 12.3. The van der Waals surface area contributed by atoms with Crippen molar-refractivity contribution in [2.45, 2.75) is 207 Å². The molecule has 0 amide bonds. The first-order valence-corrected chi connectivity index (χ1v) is 18.4. The molecule has 0 aromatic carbocycles. The van der Waals surface area contributed by atoms with Gasteiger partial charge in [0.15, 0.2) is 0 Å². The Morgan fingerprint density at radius 3 is 0.925 bits per heavy atom. The standard InChI is InChI=1S/C24H51N.C13H26O2/c1-4-7-10-13-16-19-22-25(23-20-17-14-11-8-5-2)24-21-18-15-12-9-6-3;1-3-4-5-6-7-8-9-10-11-12-13(14)15-2/h4-24H2,1-3H3;3-12H2,1-2H3. The van der Waals surface area contributed by atoms with Crippen molar-refractivity contribution in [1.82, 2.24) is 4.90 Å². The maximum Gasteiger partial charge on any atom is 0.305 e. The number of hydrogen-bond acceptors (Lipinski definition) is 3. The lowest BCUT2D eigenvalue weighted by Gasteiger charge is -2.22. The van der Waals surface area contributed by atoms with Crippen LogP contribution in [0.25, 0.3) is 0 Å². The average molecular weight is 568 g/mol. The first-order valence-electron chi connectivity index (χ1n) is 18.4. The summed E-state index contributed by atoms with van der Waals surface area (Å²) in [6, 6.07) is 0. The summed E-state index contributed by atoms with van der Waals surface area (Å²) in [7, 11) is 1.45. The molecule has 0 aromatic rings. The van der Waals surface area contributed by atoms with E-state index in [0.717, 1.165) is 6.42 Å². The van der Waals surface area contributed by atoms with Crippen molar-refractivity contribution in [2.75, 3.05) is 26.7 Å². The first-order chi connectivity index (χ1) is 19.7. The van der Waals surface area contributed by atoms with Gasteiger partial charge in [0.05, 0.1) is 7.11 Å². The maximum atomic E-state index is 10.8. The number of rotatable bonds is 31. The van der Waals surface area contributed by atoms with Crippen LogP contribution in [-0.2, 0) is 9.53 Å². The van der Waals surface area contributed by atoms with Crippen LogP contribution in [0, 0.1) is 0 Å². The summed E-state index contributed by atoms with van der Waals surface area (Å²) in [6.45, 7) is 13.2. The van der Waals surface area contributed by atoms with Gasteiger partial charge in [-0.2, -0.15) is 0 Å². The van der Waals surface area contributed by atoms with Crippen molar-refractivity contribution in [2.24, 2.45) is 0 Å².